The summed E-state index contributed by atoms with van der Waals surface area (Å²) in [5.74, 6) is -0.455. The third kappa shape index (κ3) is 3.24. The fraction of sp³-hybridized carbons (Fsp3) is 0.0909. The van der Waals surface area contributed by atoms with Crippen molar-refractivity contribution in [3.05, 3.63) is 34.7 Å². The molecule has 0 atom stereocenters. The van der Waals surface area contributed by atoms with Crippen molar-refractivity contribution in [2.45, 2.75) is 6.43 Å². The molecule has 0 aliphatic carbocycles. The summed E-state index contributed by atoms with van der Waals surface area (Å²) in [6.45, 7) is 0. The minimum atomic E-state index is -2.76. The van der Waals surface area contributed by atoms with Crippen LogP contribution in [0.5, 0.6) is 0 Å². The van der Waals surface area contributed by atoms with Crippen LogP contribution in [0.3, 0.4) is 0 Å². The van der Waals surface area contributed by atoms with Gasteiger partial charge in [0.1, 0.15) is 17.4 Å². The number of furan rings is 1. The molecule has 0 aliphatic heterocycles. The van der Waals surface area contributed by atoms with Gasteiger partial charge in [-0.25, -0.2) is 8.78 Å². The van der Waals surface area contributed by atoms with Crippen molar-refractivity contribution in [2.75, 3.05) is 5.32 Å². The molecule has 0 unspecified atom stereocenters. The van der Waals surface area contributed by atoms with Gasteiger partial charge in [0.15, 0.2) is 5.01 Å². The summed E-state index contributed by atoms with van der Waals surface area (Å²) < 4.78 is 29.6. The van der Waals surface area contributed by atoms with Crippen LogP contribution in [-0.4, -0.2) is 16.1 Å². The number of anilines is 1. The number of halogens is 2. The Balaban J connectivity index is 2.12. The molecule has 20 heavy (non-hydrogen) atoms. The van der Waals surface area contributed by atoms with Gasteiger partial charge in [-0.05, 0) is 12.1 Å². The number of amides is 1. The van der Waals surface area contributed by atoms with Crippen LogP contribution in [0.25, 0.3) is 6.08 Å². The Hall–Kier alpha value is -2.60. The van der Waals surface area contributed by atoms with Gasteiger partial charge in [0, 0.05) is 6.08 Å². The lowest BCUT2D eigenvalue weighted by Gasteiger charge is -1.98. The van der Waals surface area contributed by atoms with Crippen LogP contribution in [0.4, 0.5) is 13.9 Å². The molecule has 2 rings (SSSR count). The summed E-state index contributed by atoms with van der Waals surface area (Å²) in [5, 5.41) is 17.1. The zero-order valence-electron chi connectivity index (χ0n) is 9.71. The second-order valence-corrected chi connectivity index (χ2v) is 4.39. The molecule has 0 aliphatic rings. The van der Waals surface area contributed by atoms with Gasteiger partial charge >= 0.3 is 0 Å². The van der Waals surface area contributed by atoms with Crippen LogP contribution < -0.4 is 5.32 Å². The third-order valence-electron chi connectivity index (χ3n) is 2.04. The first-order valence-corrected chi connectivity index (χ1v) is 6.00. The van der Waals surface area contributed by atoms with Gasteiger partial charge in [0.05, 0.1) is 6.26 Å². The number of rotatable bonds is 4. The Morgan fingerprint density at radius 2 is 2.35 bits per heavy atom. The number of nitrogens with zero attached hydrogens (tertiary/aromatic N) is 3. The fourth-order valence-electron chi connectivity index (χ4n) is 1.20. The number of carbonyl (C=O) groups is 1. The van der Waals surface area contributed by atoms with Gasteiger partial charge in [-0.15, -0.1) is 10.2 Å². The van der Waals surface area contributed by atoms with E-state index in [4.69, 9.17) is 9.68 Å². The molecule has 102 valence electrons. The van der Waals surface area contributed by atoms with Gasteiger partial charge in [-0.1, -0.05) is 11.3 Å². The molecule has 0 radical (unpaired) electrons. The van der Waals surface area contributed by atoms with Gasteiger partial charge in [0.25, 0.3) is 12.3 Å². The molecule has 2 aromatic rings. The first-order chi connectivity index (χ1) is 9.60. The quantitative estimate of drug-likeness (QED) is 0.691. The summed E-state index contributed by atoms with van der Waals surface area (Å²) in [4.78, 5) is 11.8. The zero-order chi connectivity index (χ0) is 14.5. The van der Waals surface area contributed by atoms with E-state index in [0.29, 0.717) is 17.1 Å². The molecule has 0 saturated heterocycles. The number of hydrogen-bond acceptors (Lipinski definition) is 6. The van der Waals surface area contributed by atoms with E-state index in [9.17, 15) is 13.6 Å². The summed E-state index contributed by atoms with van der Waals surface area (Å²) in [6.07, 6.45) is -0.143. The van der Waals surface area contributed by atoms with Gasteiger partial charge in [0.2, 0.25) is 5.13 Å². The summed E-state index contributed by atoms with van der Waals surface area (Å²) >= 11 is 0.541. The highest BCUT2D eigenvalue weighted by Crippen LogP contribution is 2.25. The number of aromatic nitrogens is 2. The minimum Gasteiger partial charge on any atom is -0.465 e. The molecule has 6 nitrogen and oxygen atoms in total. The van der Waals surface area contributed by atoms with Gasteiger partial charge in [-0.2, -0.15) is 5.26 Å². The third-order valence-corrected chi connectivity index (χ3v) is 2.89. The van der Waals surface area contributed by atoms with Crippen LogP contribution in [0, 0.1) is 11.3 Å². The number of nitrogens with one attached hydrogen (secondary N) is 1. The summed E-state index contributed by atoms with van der Waals surface area (Å²) in [7, 11) is 0. The molecular formula is C11H6F2N4O2S. The van der Waals surface area contributed by atoms with Crippen LogP contribution in [0.1, 0.15) is 17.2 Å². The Kier molecular flexibility index (Phi) is 4.17. The molecule has 1 amide bonds. The lowest BCUT2D eigenvalue weighted by molar-refractivity contribution is -0.112. The zero-order valence-corrected chi connectivity index (χ0v) is 10.5. The van der Waals surface area contributed by atoms with Gasteiger partial charge < -0.3 is 4.42 Å². The SMILES string of the molecule is N#C/C(=C/c1ccco1)C(=O)Nc1nnc(C(F)F)s1. The topological polar surface area (TPSA) is 91.8 Å². The van der Waals surface area contributed by atoms with Crippen molar-refractivity contribution in [1.29, 1.82) is 5.26 Å². The number of carbonyl (C=O) groups excluding carboxylic acids is 1. The van der Waals surface area contributed by atoms with E-state index in [-0.39, 0.29) is 10.7 Å². The first-order valence-electron chi connectivity index (χ1n) is 5.18. The molecule has 0 fully saturated rings. The molecule has 2 heterocycles. The second kappa shape index (κ2) is 6.03. The predicted molar refractivity (Wildman–Crippen MR) is 65.8 cm³/mol. The van der Waals surface area contributed by atoms with E-state index in [2.05, 4.69) is 15.5 Å². The van der Waals surface area contributed by atoms with Crippen molar-refractivity contribution in [3.8, 4) is 6.07 Å². The first kappa shape index (κ1) is 13.8. The van der Waals surface area contributed by atoms with Gasteiger partial charge in [-0.3, -0.25) is 10.1 Å². The maximum Gasteiger partial charge on any atom is 0.291 e. The number of hydrogen-bond donors (Lipinski definition) is 1. The summed E-state index contributed by atoms with van der Waals surface area (Å²) in [6, 6.07) is 4.84. The van der Waals surface area contributed by atoms with Crippen LogP contribution in [0.15, 0.2) is 28.4 Å². The second-order valence-electron chi connectivity index (χ2n) is 3.39. The standard InChI is InChI=1S/C11H6F2N4O2S/c12-8(13)10-16-17-11(20-10)15-9(18)6(5-14)4-7-2-1-3-19-7/h1-4,8H,(H,15,17,18)/b6-4-. The number of alkyl halides is 2. The Morgan fingerprint density at radius 3 is 2.90 bits per heavy atom. The normalized spacial score (nSPS) is 11.4. The lowest BCUT2D eigenvalue weighted by Crippen LogP contribution is -2.13. The Morgan fingerprint density at radius 1 is 1.55 bits per heavy atom. The largest absolute Gasteiger partial charge is 0.465 e. The van der Waals surface area contributed by atoms with Crippen LogP contribution in [0.2, 0.25) is 0 Å². The van der Waals surface area contributed by atoms with Crippen LogP contribution >= 0.6 is 11.3 Å². The molecule has 0 aromatic carbocycles. The van der Waals surface area contributed by atoms with E-state index >= 15 is 0 Å². The number of nitriles is 1. The molecule has 1 N–H and O–H groups in total. The maximum absolute atomic E-state index is 12.3. The molecule has 0 spiro atoms. The lowest BCUT2D eigenvalue weighted by atomic mass is 10.2. The molecule has 0 saturated carbocycles. The highest BCUT2D eigenvalue weighted by molar-refractivity contribution is 7.15. The monoisotopic (exact) mass is 296 g/mol. The molecular weight excluding hydrogens is 290 g/mol. The molecule has 0 bridgehead atoms. The van der Waals surface area contributed by atoms with Crippen molar-refractivity contribution >= 4 is 28.5 Å². The average molecular weight is 296 g/mol. The highest BCUT2D eigenvalue weighted by atomic mass is 32.1. The predicted octanol–water partition coefficient (Wildman–Crippen LogP) is 2.61. The van der Waals surface area contributed by atoms with E-state index in [1.54, 1.807) is 18.2 Å². The molecule has 2 aromatic heterocycles. The van der Waals surface area contributed by atoms with E-state index in [0.717, 1.165) is 0 Å². The van der Waals surface area contributed by atoms with Crippen molar-refractivity contribution in [2.24, 2.45) is 0 Å². The Labute approximate surface area is 115 Å². The van der Waals surface area contributed by atoms with E-state index in [1.165, 1.54) is 12.3 Å². The van der Waals surface area contributed by atoms with Crippen molar-refractivity contribution < 1.29 is 18.0 Å². The van der Waals surface area contributed by atoms with Crippen molar-refractivity contribution in [1.82, 2.24) is 10.2 Å². The summed E-state index contributed by atoms with van der Waals surface area (Å²) in [5.41, 5.74) is -0.242. The molecule has 9 heteroatoms. The van der Waals surface area contributed by atoms with E-state index < -0.39 is 17.3 Å². The van der Waals surface area contributed by atoms with Crippen molar-refractivity contribution in [3.63, 3.8) is 0 Å². The van der Waals surface area contributed by atoms with Crippen LogP contribution in [-0.2, 0) is 4.79 Å². The Bertz CT molecular complexity index is 673. The highest BCUT2D eigenvalue weighted by Gasteiger charge is 2.17. The fourth-order valence-corrected chi connectivity index (χ4v) is 1.80. The maximum atomic E-state index is 12.3. The minimum absolute atomic E-state index is 0.106. The smallest absolute Gasteiger partial charge is 0.291 e. The van der Waals surface area contributed by atoms with E-state index in [1.807, 2.05) is 0 Å². The average Bonchev–Trinajstić information content (AvgIpc) is 3.06.